The molecule has 460 valence electrons. The minimum atomic E-state index is -0.816. The second kappa shape index (κ2) is 67.8. The average Bonchev–Trinajstić information content (AvgIpc) is 3.46. The SMILES string of the molecule is CC/C=C\C/C=C\C/C=C\C/C=C\C/C=C\C/C=C\CCC(=O)OC(COC(=O)CCCCCCCCCCCC)COC(=O)CCCCCCCCCCCCCCCCCCCCCCC/C=C\C/C=C\CCCCCCC. The van der Waals surface area contributed by atoms with Gasteiger partial charge in [0.05, 0.1) is 0 Å². The minimum Gasteiger partial charge on any atom is -0.462 e. The van der Waals surface area contributed by atoms with Crippen LogP contribution in [-0.4, -0.2) is 37.2 Å². The van der Waals surface area contributed by atoms with Gasteiger partial charge in [0.2, 0.25) is 0 Å². The summed E-state index contributed by atoms with van der Waals surface area (Å²) in [6, 6.07) is 0. The number of rotatable bonds is 62. The van der Waals surface area contributed by atoms with E-state index < -0.39 is 6.10 Å². The third kappa shape index (κ3) is 65.1. The van der Waals surface area contributed by atoms with Gasteiger partial charge in [-0.15, -0.1) is 0 Å². The van der Waals surface area contributed by atoms with E-state index in [1.165, 1.54) is 205 Å². The van der Waals surface area contributed by atoms with Crippen LogP contribution in [-0.2, 0) is 28.6 Å². The van der Waals surface area contributed by atoms with Gasteiger partial charge in [-0.3, -0.25) is 14.4 Å². The number of hydrogen-bond donors (Lipinski definition) is 0. The summed E-state index contributed by atoms with van der Waals surface area (Å²) in [7, 11) is 0. The topological polar surface area (TPSA) is 78.9 Å². The van der Waals surface area contributed by atoms with Crippen molar-refractivity contribution in [2.24, 2.45) is 0 Å². The van der Waals surface area contributed by atoms with Gasteiger partial charge in [0.15, 0.2) is 6.10 Å². The van der Waals surface area contributed by atoms with Crippen molar-refractivity contribution < 1.29 is 28.6 Å². The van der Waals surface area contributed by atoms with Crippen molar-refractivity contribution in [3.63, 3.8) is 0 Å². The maximum atomic E-state index is 12.8. The highest BCUT2D eigenvalue weighted by Gasteiger charge is 2.19. The lowest BCUT2D eigenvalue weighted by Crippen LogP contribution is -2.30. The maximum Gasteiger partial charge on any atom is 0.306 e. The van der Waals surface area contributed by atoms with Crippen LogP contribution in [0.1, 0.15) is 335 Å². The molecule has 0 spiro atoms. The summed E-state index contributed by atoms with van der Waals surface area (Å²) in [4.78, 5) is 38.2. The molecule has 0 rings (SSSR count). The zero-order valence-electron chi connectivity index (χ0n) is 52.8. The Morgan fingerprint density at radius 1 is 0.263 bits per heavy atom. The molecule has 0 aromatic heterocycles. The van der Waals surface area contributed by atoms with E-state index in [1.54, 1.807) is 0 Å². The molecule has 0 heterocycles. The number of carbonyl (C=O) groups excluding carboxylic acids is 3. The highest BCUT2D eigenvalue weighted by Crippen LogP contribution is 2.17. The van der Waals surface area contributed by atoms with Crippen LogP contribution in [0.15, 0.2) is 97.2 Å². The third-order valence-electron chi connectivity index (χ3n) is 14.8. The Morgan fingerprint density at radius 2 is 0.512 bits per heavy atom. The number of ether oxygens (including phenoxy) is 3. The molecule has 0 aromatic rings. The molecular weight excluding hydrogens is 985 g/mol. The predicted molar refractivity (Wildman–Crippen MR) is 348 cm³/mol. The Balaban J connectivity index is 4.16. The monoisotopic (exact) mass is 1110 g/mol. The van der Waals surface area contributed by atoms with Crippen molar-refractivity contribution in [2.75, 3.05) is 13.2 Å². The smallest absolute Gasteiger partial charge is 0.306 e. The molecular formula is C74H128O6. The molecule has 0 aliphatic heterocycles. The lowest BCUT2D eigenvalue weighted by molar-refractivity contribution is -0.166. The molecule has 6 heteroatoms. The predicted octanol–water partition coefficient (Wildman–Crippen LogP) is 23.6. The highest BCUT2D eigenvalue weighted by molar-refractivity contribution is 5.71. The first-order chi connectivity index (χ1) is 39.5. The number of carbonyl (C=O) groups is 3. The van der Waals surface area contributed by atoms with Crippen LogP contribution >= 0.6 is 0 Å². The minimum absolute atomic E-state index is 0.104. The largest absolute Gasteiger partial charge is 0.462 e. The fourth-order valence-electron chi connectivity index (χ4n) is 9.74. The van der Waals surface area contributed by atoms with Crippen LogP contribution in [0, 0.1) is 0 Å². The van der Waals surface area contributed by atoms with E-state index in [4.69, 9.17) is 14.2 Å². The number of unbranched alkanes of at least 4 members (excludes halogenated alkanes) is 35. The van der Waals surface area contributed by atoms with Gasteiger partial charge in [-0.1, -0.05) is 323 Å². The summed E-state index contributed by atoms with van der Waals surface area (Å²) in [6.07, 6.45) is 91.8. The molecule has 0 saturated carbocycles. The van der Waals surface area contributed by atoms with Crippen molar-refractivity contribution in [1.29, 1.82) is 0 Å². The first kappa shape index (κ1) is 76.3. The number of allylic oxidation sites excluding steroid dienone is 16. The van der Waals surface area contributed by atoms with Crippen LogP contribution in [0.5, 0.6) is 0 Å². The van der Waals surface area contributed by atoms with Gasteiger partial charge < -0.3 is 14.2 Å². The summed E-state index contributed by atoms with van der Waals surface area (Å²) in [5.74, 6) is -0.978. The van der Waals surface area contributed by atoms with Gasteiger partial charge in [-0.25, -0.2) is 0 Å². The Kier molecular flexibility index (Phi) is 64.7. The molecule has 0 amide bonds. The van der Waals surface area contributed by atoms with Crippen molar-refractivity contribution in [3.8, 4) is 0 Å². The van der Waals surface area contributed by atoms with Crippen molar-refractivity contribution in [1.82, 2.24) is 0 Å². The standard InChI is InChI=1S/C74H128O6/c1-4-7-10-13-16-19-22-24-26-28-30-31-32-33-34-35-36-37-38-39-40-41-42-43-45-46-48-50-52-55-58-61-64-67-73(76)79-70-71(69-78-72(75)66-63-60-57-54-21-18-15-12-9-6-3)80-74(77)68-65-62-59-56-53-51-49-47-44-29-27-25-23-20-17-14-11-8-5-2/h8,11,17,20,22,24-25,27-28,30,44,47,51,53,59,62,71H,4-7,9-10,12-16,18-19,21,23,26,29,31-43,45-46,48-50,52,54-58,60-61,63-70H2,1-3H3/b11-8-,20-17-,24-22-,27-25-,30-28-,47-44-,53-51-,62-59-. The molecule has 1 atom stereocenters. The normalized spacial score (nSPS) is 12.7. The molecule has 0 bridgehead atoms. The summed E-state index contributed by atoms with van der Waals surface area (Å²) in [6.45, 7) is 6.47. The van der Waals surface area contributed by atoms with Crippen LogP contribution in [0.4, 0.5) is 0 Å². The van der Waals surface area contributed by atoms with Crippen LogP contribution in [0.2, 0.25) is 0 Å². The fraction of sp³-hybridized carbons (Fsp3) is 0.743. The van der Waals surface area contributed by atoms with Gasteiger partial charge in [0, 0.05) is 19.3 Å². The summed E-state index contributed by atoms with van der Waals surface area (Å²) >= 11 is 0. The van der Waals surface area contributed by atoms with Crippen LogP contribution in [0.3, 0.4) is 0 Å². The second-order valence-corrected chi connectivity index (χ2v) is 22.7. The molecule has 0 aliphatic carbocycles. The lowest BCUT2D eigenvalue weighted by Gasteiger charge is -2.18. The zero-order valence-corrected chi connectivity index (χ0v) is 52.8. The van der Waals surface area contributed by atoms with Gasteiger partial charge >= 0.3 is 17.9 Å². The molecule has 1 unspecified atom stereocenters. The summed E-state index contributed by atoms with van der Waals surface area (Å²) < 4.78 is 16.8. The Bertz CT molecular complexity index is 1560. The van der Waals surface area contributed by atoms with Crippen LogP contribution < -0.4 is 0 Å². The summed E-state index contributed by atoms with van der Waals surface area (Å²) in [5, 5.41) is 0. The molecule has 0 saturated heterocycles. The van der Waals surface area contributed by atoms with Gasteiger partial charge in [0.1, 0.15) is 13.2 Å². The number of esters is 3. The van der Waals surface area contributed by atoms with E-state index in [0.717, 1.165) is 83.5 Å². The maximum absolute atomic E-state index is 12.8. The first-order valence-electron chi connectivity index (χ1n) is 34.2. The highest BCUT2D eigenvalue weighted by atomic mass is 16.6. The second-order valence-electron chi connectivity index (χ2n) is 22.7. The lowest BCUT2D eigenvalue weighted by atomic mass is 10.0. The van der Waals surface area contributed by atoms with Crippen molar-refractivity contribution in [2.45, 2.75) is 341 Å². The van der Waals surface area contributed by atoms with Crippen LogP contribution in [0.25, 0.3) is 0 Å². The molecule has 0 N–H and O–H groups in total. The average molecular weight is 1110 g/mol. The van der Waals surface area contributed by atoms with E-state index in [-0.39, 0.29) is 37.5 Å². The van der Waals surface area contributed by atoms with Gasteiger partial charge in [0.25, 0.3) is 0 Å². The van der Waals surface area contributed by atoms with E-state index in [0.29, 0.717) is 19.3 Å². The molecule has 80 heavy (non-hydrogen) atoms. The Labute approximate surface area is 496 Å². The fourth-order valence-corrected chi connectivity index (χ4v) is 9.74. The zero-order chi connectivity index (χ0) is 57.8. The Morgan fingerprint density at radius 3 is 0.812 bits per heavy atom. The van der Waals surface area contributed by atoms with E-state index in [2.05, 4.69) is 112 Å². The number of hydrogen-bond acceptors (Lipinski definition) is 6. The molecule has 0 aromatic carbocycles. The molecule has 6 nitrogen and oxygen atoms in total. The summed E-state index contributed by atoms with van der Waals surface area (Å²) in [5.41, 5.74) is 0. The van der Waals surface area contributed by atoms with E-state index >= 15 is 0 Å². The van der Waals surface area contributed by atoms with Gasteiger partial charge in [-0.05, 0) is 89.9 Å². The molecule has 0 fully saturated rings. The van der Waals surface area contributed by atoms with Crippen molar-refractivity contribution in [3.05, 3.63) is 97.2 Å². The van der Waals surface area contributed by atoms with Crippen molar-refractivity contribution >= 4 is 17.9 Å². The Hall–Kier alpha value is -3.67. The first-order valence-corrected chi connectivity index (χ1v) is 34.2. The quantitative estimate of drug-likeness (QED) is 0.0261. The molecule has 0 radical (unpaired) electrons. The molecule has 0 aliphatic rings. The third-order valence-corrected chi connectivity index (χ3v) is 14.8. The van der Waals surface area contributed by atoms with E-state index in [1.807, 2.05) is 6.08 Å². The van der Waals surface area contributed by atoms with E-state index in [9.17, 15) is 14.4 Å². The van der Waals surface area contributed by atoms with Gasteiger partial charge in [-0.2, -0.15) is 0 Å².